The maximum atomic E-state index is 5.83. The molecule has 2 aromatic rings. The first-order valence-corrected chi connectivity index (χ1v) is 6.49. The third kappa shape index (κ3) is 2.53. The minimum atomic E-state index is -0.116. The van der Waals surface area contributed by atoms with Gasteiger partial charge in [0.25, 0.3) is 0 Å². The second-order valence-corrected chi connectivity index (χ2v) is 4.41. The van der Waals surface area contributed by atoms with E-state index in [0.29, 0.717) is 13.2 Å². The van der Waals surface area contributed by atoms with Crippen LogP contribution in [-0.4, -0.2) is 46.7 Å². The van der Waals surface area contributed by atoms with Crippen LogP contribution in [0.15, 0.2) is 31.0 Å². The fourth-order valence-corrected chi connectivity index (χ4v) is 2.27. The van der Waals surface area contributed by atoms with Gasteiger partial charge < -0.3 is 15.0 Å². The topological polar surface area (TPSA) is 76.1 Å². The molecule has 0 saturated carbocycles. The maximum Gasteiger partial charge on any atom is 0.150 e. The van der Waals surface area contributed by atoms with Crippen LogP contribution in [0.25, 0.3) is 0 Å². The van der Waals surface area contributed by atoms with Gasteiger partial charge in [0.05, 0.1) is 13.2 Å². The Kier molecular flexibility index (Phi) is 3.69. The summed E-state index contributed by atoms with van der Waals surface area (Å²) in [5.41, 5.74) is 0.828. The Bertz CT molecular complexity index is 564. The second kappa shape index (κ2) is 5.79. The highest BCUT2D eigenvalue weighted by atomic mass is 16.5. The van der Waals surface area contributed by atoms with Gasteiger partial charge in [0, 0.05) is 32.2 Å². The molecule has 0 spiro atoms. The van der Waals surface area contributed by atoms with E-state index in [1.54, 1.807) is 24.9 Å². The summed E-state index contributed by atoms with van der Waals surface area (Å²) in [5, 5.41) is 3.05. The summed E-state index contributed by atoms with van der Waals surface area (Å²) in [7, 11) is 1.83. The van der Waals surface area contributed by atoms with Gasteiger partial charge >= 0.3 is 0 Å². The number of nitrogens with zero attached hydrogens (tertiary/aromatic N) is 5. The SMILES string of the molecule is CNc1nccnc1[C@@H]1CN(c2ccncn2)CCO1. The molecule has 0 aromatic carbocycles. The lowest BCUT2D eigenvalue weighted by molar-refractivity contribution is 0.0370. The average Bonchev–Trinajstić information content (AvgIpc) is 2.56. The van der Waals surface area contributed by atoms with Crippen molar-refractivity contribution in [2.45, 2.75) is 6.10 Å². The summed E-state index contributed by atoms with van der Waals surface area (Å²) in [6.07, 6.45) is 6.54. The van der Waals surface area contributed by atoms with Gasteiger partial charge in [0.15, 0.2) is 0 Å². The summed E-state index contributed by atoms with van der Waals surface area (Å²) >= 11 is 0. The first-order chi connectivity index (χ1) is 9.88. The van der Waals surface area contributed by atoms with Gasteiger partial charge in [-0.2, -0.15) is 0 Å². The molecule has 7 heteroatoms. The number of nitrogens with one attached hydrogen (secondary N) is 1. The van der Waals surface area contributed by atoms with E-state index < -0.39 is 0 Å². The summed E-state index contributed by atoms with van der Waals surface area (Å²) in [4.78, 5) is 19.1. The van der Waals surface area contributed by atoms with Crippen molar-refractivity contribution < 1.29 is 4.74 Å². The molecule has 0 radical (unpaired) electrons. The predicted molar refractivity (Wildman–Crippen MR) is 74.5 cm³/mol. The molecule has 2 aromatic heterocycles. The van der Waals surface area contributed by atoms with Crippen LogP contribution < -0.4 is 10.2 Å². The molecular weight excluding hydrogens is 256 g/mol. The van der Waals surface area contributed by atoms with Crippen LogP contribution in [0.1, 0.15) is 11.8 Å². The highest BCUT2D eigenvalue weighted by Gasteiger charge is 2.26. The predicted octanol–water partition coefficient (Wildman–Crippen LogP) is 0.886. The standard InChI is InChI=1S/C13H16N6O/c1-14-13-12(16-4-5-17-13)10-8-19(6-7-20-10)11-2-3-15-9-18-11/h2-5,9-10H,6-8H2,1H3,(H,14,17)/t10-/m0/s1. The minimum absolute atomic E-state index is 0.116. The number of morpholine rings is 1. The largest absolute Gasteiger partial charge is 0.372 e. The van der Waals surface area contributed by atoms with Gasteiger partial charge in [-0.25, -0.2) is 15.0 Å². The summed E-state index contributed by atoms with van der Waals surface area (Å²) < 4.78 is 5.83. The van der Waals surface area contributed by atoms with Crippen LogP contribution in [0.3, 0.4) is 0 Å². The fourth-order valence-electron chi connectivity index (χ4n) is 2.27. The third-order valence-corrected chi connectivity index (χ3v) is 3.23. The smallest absolute Gasteiger partial charge is 0.150 e. The van der Waals surface area contributed by atoms with Gasteiger partial charge in [-0.3, -0.25) is 4.98 Å². The second-order valence-electron chi connectivity index (χ2n) is 4.41. The van der Waals surface area contributed by atoms with E-state index in [0.717, 1.165) is 23.9 Å². The molecule has 0 unspecified atom stereocenters. The molecule has 1 saturated heterocycles. The number of rotatable bonds is 3. The zero-order valence-electron chi connectivity index (χ0n) is 11.2. The van der Waals surface area contributed by atoms with Crippen molar-refractivity contribution in [2.24, 2.45) is 0 Å². The van der Waals surface area contributed by atoms with Crippen LogP contribution in [0, 0.1) is 0 Å². The van der Waals surface area contributed by atoms with E-state index >= 15 is 0 Å². The molecule has 104 valence electrons. The molecule has 20 heavy (non-hydrogen) atoms. The molecule has 1 aliphatic heterocycles. The molecule has 0 aliphatic carbocycles. The van der Waals surface area contributed by atoms with Gasteiger partial charge in [-0.15, -0.1) is 0 Å². The van der Waals surface area contributed by atoms with Crippen molar-refractivity contribution in [2.75, 3.05) is 37.0 Å². The molecule has 1 atom stereocenters. The summed E-state index contributed by atoms with van der Waals surface area (Å²) in [6, 6.07) is 1.90. The fraction of sp³-hybridized carbons (Fsp3) is 0.385. The molecule has 0 bridgehead atoms. The lowest BCUT2D eigenvalue weighted by Gasteiger charge is -2.33. The van der Waals surface area contributed by atoms with Gasteiger partial charge in [-0.05, 0) is 6.07 Å². The number of hydrogen-bond acceptors (Lipinski definition) is 7. The average molecular weight is 272 g/mol. The van der Waals surface area contributed by atoms with Gasteiger partial charge in [0.1, 0.15) is 29.8 Å². The summed E-state index contributed by atoms with van der Waals surface area (Å²) in [6.45, 7) is 2.14. The van der Waals surface area contributed by atoms with E-state index in [1.165, 1.54) is 0 Å². The first kappa shape index (κ1) is 12.7. The Labute approximate surface area is 117 Å². The lowest BCUT2D eigenvalue weighted by atomic mass is 10.2. The zero-order chi connectivity index (χ0) is 13.8. The van der Waals surface area contributed by atoms with Crippen molar-refractivity contribution in [3.63, 3.8) is 0 Å². The Hall–Kier alpha value is -2.28. The number of ether oxygens (including phenoxy) is 1. The van der Waals surface area contributed by atoms with Crippen molar-refractivity contribution in [1.29, 1.82) is 0 Å². The normalized spacial score (nSPS) is 18.9. The molecular formula is C13H16N6O. The van der Waals surface area contributed by atoms with E-state index in [9.17, 15) is 0 Å². The quantitative estimate of drug-likeness (QED) is 0.889. The molecule has 1 aliphatic rings. The van der Waals surface area contributed by atoms with Crippen LogP contribution >= 0.6 is 0 Å². The van der Waals surface area contributed by atoms with Crippen LogP contribution in [0.2, 0.25) is 0 Å². The molecule has 1 N–H and O–H groups in total. The molecule has 0 amide bonds. The molecule has 1 fully saturated rings. The van der Waals surface area contributed by atoms with Crippen molar-refractivity contribution in [3.8, 4) is 0 Å². The molecule has 3 heterocycles. The Balaban J connectivity index is 1.82. The lowest BCUT2D eigenvalue weighted by Crippen LogP contribution is -2.39. The molecule has 3 rings (SSSR count). The van der Waals surface area contributed by atoms with E-state index in [-0.39, 0.29) is 6.10 Å². The highest BCUT2D eigenvalue weighted by Crippen LogP contribution is 2.26. The Morgan fingerprint density at radius 1 is 1.25 bits per heavy atom. The Morgan fingerprint density at radius 3 is 2.95 bits per heavy atom. The van der Waals surface area contributed by atoms with E-state index in [4.69, 9.17) is 4.74 Å². The molecule has 7 nitrogen and oxygen atoms in total. The van der Waals surface area contributed by atoms with Gasteiger partial charge in [-0.1, -0.05) is 0 Å². The first-order valence-electron chi connectivity index (χ1n) is 6.49. The Morgan fingerprint density at radius 2 is 2.15 bits per heavy atom. The van der Waals surface area contributed by atoms with E-state index in [2.05, 4.69) is 30.2 Å². The van der Waals surface area contributed by atoms with Crippen LogP contribution in [0.5, 0.6) is 0 Å². The van der Waals surface area contributed by atoms with Crippen molar-refractivity contribution in [3.05, 3.63) is 36.7 Å². The van der Waals surface area contributed by atoms with Crippen LogP contribution in [-0.2, 0) is 4.74 Å². The van der Waals surface area contributed by atoms with Crippen LogP contribution in [0.4, 0.5) is 11.6 Å². The number of anilines is 2. The maximum absolute atomic E-state index is 5.83. The third-order valence-electron chi connectivity index (χ3n) is 3.23. The minimum Gasteiger partial charge on any atom is -0.372 e. The highest BCUT2D eigenvalue weighted by molar-refractivity contribution is 5.43. The monoisotopic (exact) mass is 272 g/mol. The van der Waals surface area contributed by atoms with Crippen molar-refractivity contribution in [1.82, 2.24) is 19.9 Å². The van der Waals surface area contributed by atoms with Gasteiger partial charge in [0.2, 0.25) is 0 Å². The van der Waals surface area contributed by atoms with Crippen molar-refractivity contribution >= 4 is 11.6 Å². The summed E-state index contributed by atoms with van der Waals surface area (Å²) in [5.74, 6) is 1.66. The number of aromatic nitrogens is 4. The van der Waals surface area contributed by atoms with E-state index in [1.807, 2.05) is 13.1 Å². The number of hydrogen-bond donors (Lipinski definition) is 1. The zero-order valence-corrected chi connectivity index (χ0v) is 11.2.